The van der Waals surface area contributed by atoms with E-state index in [0.29, 0.717) is 13.2 Å². The van der Waals surface area contributed by atoms with Gasteiger partial charge in [0, 0.05) is 18.5 Å². The Hall–Kier alpha value is -1.30. The molecule has 5 nitrogen and oxygen atoms in total. The molecule has 1 saturated heterocycles. The van der Waals surface area contributed by atoms with Crippen molar-refractivity contribution >= 4 is 0 Å². The molecule has 3 unspecified atom stereocenters. The van der Waals surface area contributed by atoms with Crippen LogP contribution in [0.3, 0.4) is 0 Å². The maximum absolute atomic E-state index is 6.16. The Morgan fingerprint density at radius 2 is 1.94 bits per heavy atom. The van der Waals surface area contributed by atoms with E-state index in [-0.39, 0.29) is 18.1 Å². The fraction of sp³-hybridized carbons (Fsp3) is 0.538. The summed E-state index contributed by atoms with van der Waals surface area (Å²) in [6, 6.07) is 6.45. The lowest BCUT2D eigenvalue weighted by atomic mass is 9.98. The average molecular weight is 249 g/mol. The van der Waals surface area contributed by atoms with Gasteiger partial charge in [0.2, 0.25) is 0 Å². The zero-order chi connectivity index (χ0) is 12.5. The summed E-state index contributed by atoms with van der Waals surface area (Å²) in [4.78, 5) is 0. The predicted octanol–water partition coefficient (Wildman–Crippen LogP) is 0.713. The highest BCUT2D eigenvalue weighted by atomic mass is 16.5. The fourth-order valence-corrected chi connectivity index (χ4v) is 2.38. The van der Waals surface area contributed by atoms with E-state index < -0.39 is 0 Å². The number of rotatable bonds is 1. The highest BCUT2D eigenvalue weighted by Gasteiger charge is 2.31. The van der Waals surface area contributed by atoms with Crippen molar-refractivity contribution in [1.29, 1.82) is 0 Å². The molecule has 0 saturated carbocycles. The van der Waals surface area contributed by atoms with Crippen molar-refractivity contribution in [2.45, 2.75) is 31.5 Å². The molecule has 1 fully saturated rings. The molecule has 0 spiro atoms. The highest BCUT2D eigenvalue weighted by molar-refractivity contribution is 5.44. The molecule has 0 bridgehead atoms. The van der Waals surface area contributed by atoms with Crippen LogP contribution in [0.15, 0.2) is 18.2 Å². The van der Waals surface area contributed by atoms with Gasteiger partial charge >= 0.3 is 0 Å². The largest absolute Gasteiger partial charge is 0.490 e. The molecule has 2 heterocycles. The van der Waals surface area contributed by atoms with Gasteiger partial charge in [0.15, 0.2) is 11.5 Å². The number of hydrogen-bond donors (Lipinski definition) is 3. The fourth-order valence-electron chi connectivity index (χ4n) is 2.38. The third kappa shape index (κ3) is 2.05. The van der Waals surface area contributed by atoms with Crippen LogP contribution >= 0.6 is 0 Å². The van der Waals surface area contributed by atoms with Crippen LogP contribution < -0.4 is 26.1 Å². The van der Waals surface area contributed by atoms with Crippen LogP contribution in [-0.2, 0) is 0 Å². The minimum Gasteiger partial charge on any atom is -0.490 e. The van der Waals surface area contributed by atoms with E-state index in [4.69, 9.17) is 15.2 Å². The summed E-state index contributed by atoms with van der Waals surface area (Å²) in [5.41, 5.74) is 13.7. The first-order valence-corrected chi connectivity index (χ1v) is 6.42. The van der Waals surface area contributed by atoms with Gasteiger partial charge in [0.1, 0.15) is 0 Å². The van der Waals surface area contributed by atoms with Crippen molar-refractivity contribution in [3.63, 3.8) is 0 Å². The first-order valence-electron chi connectivity index (χ1n) is 6.42. The molecule has 0 aromatic heterocycles. The lowest BCUT2D eigenvalue weighted by molar-refractivity contribution is 0.297. The van der Waals surface area contributed by atoms with E-state index in [1.54, 1.807) is 0 Å². The minimum atomic E-state index is 0.0507. The Balaban J connectivity index is 1.87. The van der Waals surface area contributed by atoms with Crippen LogP contribution in [0.2, 0.25) is 0 Å². The van der Waals surface area contributed by atoms with E-state index in [1.165, 1.54) is 0 Å². The lowest BCUT2D eigenvalue weighted by Crippen LogP contribution is -2.35. The second kappa shape index (κ2) is 4.76. The second-order valence-electron chi connectivity index (χ2n) is 4.89. The quantitative estimate of drug-likeness (QED) is 0.684. The second-order valence-corrected chi connectivity index (χ2v) is 4.89. The smallest absolute Gasteiger partial charge is 0.161 e. The molecule has 0 amide bonds. The number of hydrazine groups is 1. The van der Waals surface area contributed by atoms with Crippen LogP contribution in [0.25, 0.3) is 0 Å². The normalized spacial score (nSPS) is 31.1. The minimum absolute atomic E-state index is 0.0507. The van der Waals surface area contributed by atoms with Gasteiger partial charge in [-0.2, -0.15) is 0 Å². The number of benzene rings is 1. The highest BCUT2D eigenvalue weighted by Crippen LogP contribution is 2.33. The molecule has 3 atom stereocenters. The Morgan fingerprint density at radius 3 is 2.67 bits per heavy atom. The number of nitrogens with two attached hydrogens (primary N) is 1. The van der Waals surface area contributed by atoms with Crippen molar-refractivity contribution in [1.82, 2.24) is 10.9 Å². The van der Waals surface area contributed by atoms with Crippen LogP contribution in [0.4, 0.5) is 0 Å². The third-order valence-corrected chi connectivity index (χ3v) is 3.56. The summed E-state index contributed by atoms with van der Waals surface area (Å²) in [7, 11) is 0. The molecule has 5 heteroatoms. The van der Waals surface area contributed by atoms with Gasteiger partial charge in [0.05, 0.1) is 19.3 Å². The molecule has 3 rings (SSSR count). The molecule has 18 heavy (non-hydrogen) atoms. The van der Waals surface area contributed by atoms with Crippen LogP contribution in [0.5, 0.6) is 11.5 Å². The van der Waals surface area contributed by atoms with E-state index >= 15 is 0 Å². The van der Waals surface area contributed by atoms with Crippen molar-refractivity contribution < 1.29 is 9.47 Å². The standard InChI is InChI=1S/C13H19N3O2/c1-8-12(14)13(16-15-8)9-3-4-10-11(7-9)18-6-2-5-17-10/h3-4,7-8,12-13,15-16H,2,5-6,14H2,1H3. The van der Waals surface area contributed by atoms with Gasteiger partial charge in [-0.3, -0.25) is 5.43 Å². The molecule has 0 radical (unpaired) electrons. The van der Waals surface area contributed by atoms with Gasteiger partial charge in [-0.25, -0.2) is 5.43 Å². The van der Waals surface area contributed by atoms with Crippen molar-refractivity contribution in [2.75, 3.05) is 13.2 Å². The molecule has 4 N–H and O–H groups in total. The predicted molar refractivity (Wildman–Crippen MR) is 68.5 cm³/mol. The zero-order valence-electron chi connectivity index (χ0n) is 10.5. The SMILES string of the molecule is CC1NNC(c2ccc3c(c2)OCCCO3)C1N. The van der Waals surface area contributed by atoms with E-state index in [0.717, 1.165) is 23.5 Å². The van der Waals surface area contributed by atoms with E-state index in [9.17, 15) is 0 Å². The van der Waals surface area contributed by atoms with E-state index in [2.05, 4.69) is 17.8 Å². The molecular formula is C13H19N3O2. The Morgan fingerprint density at radius 1 is 1.17 bits per heavy atom. The molecule has 1 aromatic carbocycles. The number of hydrogen-bond acceptors (Lipinski definition) is 5. The van der Waals surface area contributed by atoms with Crippen molar-refractivity contribution in [2.24, 2.45) is 5.73 Å². The molecule has 0 aliphatic carbocycles. The third-order valence-electron chi connectivity index (χ3n) is 3.56. The monoisotopic (exact) mass is 249 g/mol. The van der Waals surface area contributed by atoms with Crippen LogP contribution in [0.1, 0.15) is 24.9 Å². The van der Waals surface area contributed by atoms with Gasteiger partial charge < -0.3 is 15.2 Å². The summed E-state index contributed by atoms with van der Waals surface area (Å²) in [6.07, 6.45) is 0.920. The van der Waals surface area contributed by atoms with Gasteiger partial charge in [-0.15, -0.1) is 0 Å². The Kier molecular flexibility index (Phi) is 3.11. The topological polar surface area (TPSA) is 68.5 Å². The number of nitrogens with one attached hydrogen (secondary N) is 2. The summed E-state index contributed by atoms with van der Waals surface area (Å²) in [6.45, 7) is 3.49. The number of fused-ring (bicyclic) bond motifs is 1. The van der Waals surface area contributed by atoms with Crippen molar-refractivity contribution in [3.8, 4) is 11.5 Å². The lowest BCUT2D eigenvalue weighted by Gasteiger charge is -2.18. The van der Waals surface area contributed by atoms with Gasteiger partial charge in [-0.1, -0.05) is 6.07 Å². The zero-order valence-corrected chi connectivity index (χ0v) is 10.5. The Labute approximate surface area is 107 Å². The summed E-state index contributed by atoms with van der Waals surface area (Å²) < 4.78 is 11.3. The molecule has 98 valence electrons. The van der Waals surface area contributed by atoms with Gasteiger partial charge in [-0.05, 0) is 24.6 Å². The molecular weight excluding hydrogens is 230 g/mol. The summed E-state index contributed by atoms with van der Waals surface area (Å²) in [5.74, 6) is 1.64. The maximum Gasteiger partial charge on any atom is 0.161 e. The van der Waals surface area contributed by atoms with E-state index in [1.807, 2.05) is 18.2 Å². The average Bonchev–Trinajstić information content (AvgIpc) is 2.61. The van der Waals surface area contributed by atoms with Crippen LogP contribution in [0, 0.1) is 0 Å². The molecule has 2 aliphatic rings. The maximum atomic E-state index is 6.16. The first-order chi connectivity index (χ1) is 8.75. The van der Waals surface area contributed by atoms with Crippen LogP contribution in [-0.4, -0.2) is 25.3 Å². The van der Waals surface area contributed by atoms with Gasteiger partial charge in [0.25, 0.3) is 0 Å². The molecule has 2 aliphatic heterocycles. The van der Waals surface area contributed by atoms with Crippen molar-refractivity contribution in [3.05, 3.63) is 23.8 Å². The number of ether oxygens (including phenoxy) is 2. The first kappa shape index (κ1) is 11.8. The summed E-state index contributed by atoms with van der Waals surface area (Å²) >= 11 is 0. The summed E-state index contributed by atoms with van der Waals surface area (Å²) in [5, 5.41) is 0. The molecule has 1 aromatic rings. The Bertz CT molecular complexity index is 438.